The molecule has 2 aromatic rings. The van der Waals surface area contributed by atoms with E-state index in [1.807, 2.05) is 6.07 Å². The third-order valence-corrected chi connectivity index (χ3v) is 4.28. The second kappa shape index (κ2) is 7.96. The smallest absolute Gasteiger partial charge is 0.101 e. The zero-order valence-corrected chi connectivity index (χ0v) is 15.9. The first kappa shape index (κ1) is 18.7. The molecule has 1 unspecified atom stereocenters. The molecule has 0 saturated heterocycles. The summed E-state index contributed by atoms with van der Waals surface area (Å²) >= 11 is 0. The van der Waals surface area contributed by atoms with Crippen molar-refractivity contribution in [1.29, 1.82) is 0 Å². The molecule has 24 heavy (non-hydrogen) atoms. The van der Waals surface area contributed by atoms with Crippen LogP contribution in [0.5, 0.6) is 0 Å². The molecule has 0 radical (unpaired) electrons. The topological polar surface area (TPSA) is 12.5 Å². The highest BCUT2D eigenvalue weighted by Crippen LogP contribution is 2.25. The SMILES string of the molecule is CC(C)c1ccc(CN(OC(C)c2ccccc2)C(C)(C)C)cc1. The van der Waals surface area contributed by atoms with Gasteiger partial charge in [0.2, 0.25) is 0 Å². The van der Waals surface area contributed by atoms with Crippen LogP contribution < -0.4 is 0 Å². The minimum Gasteiger partial charge on any atom is -0.290 e. The Labute approximate surface area is 147 Å². The Morgan fingerprint density at radius 2 is 1.42 bits per heavy atom. The molecule has 0 fully saturated rings. The second-order valence-electron chi connectivity index (χ2n) is 7.76. The minimum atomic E-state index is -0.0697. The summed E-state index contributed by atoms with van der Waals surface area (Å²) in [5.74, 6) is 0.562. The van der Waals surface area contributed by atoms with Gasteiger partial charge in [-0.1, -0.05) is 68.4 Å². The molecule has 0 bridgehead atoms. The maximum atomic E-state index is 6.32. The predicted octanol–water partition coefficient (Wildman–Crippen LogP) is 6.10. The van der Waals surface area contributed by atoms with E-state index in [1.54, 1.807) is 0 Å². The van der Waals surface area contributed by atoms with Gasteiger partial charge in [0.05, 0.1) is 0 Å². The molecule has 0 aromatic heterocycles. The summed E-state index contributed by atoms with van der Waals surface area (Å²) < 4.78 is 0. The standard InChI is InChI=1S/C22H31NO/c1-17(2)20-14-12-19(13-15-20)16-23(22(4,5)6)24-18(3)21-10-8-7-9-11-21/h7-15,17-18H,16H2,1-6H3. The zero-order chi connectivity index (χ0) is 17.7. The van der Waals surface area contributed by atoms with Crippen molar-refractivity contribution in [3.63, 3.8) is 0 Å². The number of hydrogen-bond donors (Lipinski definition) is 0. The van der Waals surface area contributed by atoms with Crippen molar-refractivity contribution in [2.45, 2.75) is 65.6 Å². The van der Waals surface area contributed by atoms with Crippen LogP contribution in [0, 0.1) is 0 Å². The Bertz CT molecular complexity index is 611. The third kappa shape index (κ3) is 5.19. The van der Waals surface area contributed by atoms with E-state index in [0.717, 1.165) is 6.54 Å². The molecular formula is C22H31NO. The lowest BCUT2D eigenvalue weighted by molar-refractivity contribution is -0.247. The summed E-state index contributed by atoms with van der Waals surface area (Å²) in [7, 11) is 0. The van der Waals surface area contributed by atoms with Crippen LogP contribution in [0.2, 0.25) is 0 Å². The molecular weight excluding hydrogens is 294 g/mol. The molecule has 0 heterocycles. The van der Waals surface area contributed by atoms with Crippen molar-refractivity contribution in [1.82, 2.24) is 5.06 Å². The largest absolute Gasteiger partial charge is 0.290 e. The van der Waals surface area contributed by atoms with E-state index in [1.165, 1.54) is 16.7 Å². The van der Waals surface area contributed by atoms with Crippen molar-refractivity contribution < 1.29 is 4.84 Å². The third-order valence-electron chi connectivity index (χ3n) is 4.28. The van der Waals surface area contributed by atoms with Crippen LogP contribution in [-0.2, 0) is 11.4 Å². The van der Waals surface area contributed by atoms with Gasteiger partial charge in [0.1, 0.15) is 6.10 Å². The fraction of sp³-hybridized carbons (Fsp3) is 0.455. The normalized spacial score (nSPS) is 13.5. The van der Waals surface area contributed by atoms with Gasteiger partial charge in [-0.15, -0.1) is 0 Å². The highest BCUT2D eigenvalue weighted by Gasteiger charge is 2.25. The van der Waals surface area contributed by atoms with Crippen LogP contribution in [-0.4, -0.2) is 10.6 Å². The Balaban J connectivity index is 2.11. The van der Waals surface area contributed by atoms with Gasteiger partial charge in [-0.3, -0.25) is 4.84 Å². The van der Waals surface area contributed by atoms with E-state index in [-0.39, 0.29) is 11.6 Å². The van der Waals surface area contributed by atoms with Crippen molar-refractivity contribution in [2.24, 2.45) is 0 Å². The van der Waals surface area contributed by atoms with Gasteiger partial charge in [0, 0.05) is 12.1 Å². The van der Waals surface area contributed by atoms with E-state index in [4.69, 9.17) is 4.84 Å². The Hall–Kier alpha value is -1.64. The van der Waals surface area contributed by atoms with Crippen molar-refractivity contribution in [3.05, 3.63) is 71.3 Å². The number of hydroxylamine groups is 2. The first-order valence-electron chi connectivity index (χ1n) is 8.85. The summed E-state index contributed by atoms with van der Waals surface area (Å²) in [4.78, 5) is 6.32. The van der Waals surface area contributed by atoms with E-state index >= 15 is 0 Å². The van der Waals surface area contributed by atoms with Crippen molar-refractivity contribution >= 4 is 0 Å². The summed E-state index contributed by atoms with van der Waals surface area (Å²) in [6.45, 7) is 13.9. The maximum Gasteiger partial charge on any atom is 0.101 e. The van der Waals surface area contributed by atoms with E-state index in [9.17, 15) is 0 Å². The number of nitrogens with zero attached hydrogens (tertiary/aromatic N) is 1. The molecule has 2 aromatic carbocycles. The van der Waals surface area contributed by atoms with Crippen LogP contribution in [0.25, 0.3) is 0 Å². The molecule has 2 nitrogen and oxygen atoms in total. The molecule has 0 amide bonds. The lowest BCUT2D eigenvalue weighted by atomic mass is 10.0. The van der Waals surface area contributed by atoms with Gasteiger partial charge in [0.15, 0.2) is 0 Å². The average molecular weight is 325 g/mol. The summed E-state index contributed by atoms with van der Waals surface area (Å²) in [5, 5.41) is 2.09. The predicted molar refractivity (Wildman–Crippen MR) is 102 cm³/mol. The van der Waals surface area contributed by atoms with Gasteiger partial charge in [-0.2, -0.15) is 5.06 Å². The van der Waals surface area contributed by atoms with Crippen LogP contribution in [0.4, 0.5) is 0 Å². The minimum absolute atomic E-state index is 0.0281. The van der Waals surface area contributed by atoms with Crippen molar-refractivity contribution in [3.8, 4) is 0 Å². The van der Waals surface area contributed by atoms with E-state index in [2.05, 4.69) is 95.1 Å². The van der Waals surface area contributed by atoms with Gasteiger partial charge in [0.25, 0.3) is 0 Å². The van der Waals surface area contributed by atoms with Gasteiger partial charge >= 0.3 is 0 Å². The first-order chi connectivity index (χ1) is 11.3. The first-order valence-corrected chi connectivity index (χ1v) is 8.85. The van der Waals surface area contributed by atoms with Crippen LogP contribution >= 0.6 is 0 Å². The quantitative estimate of drug-likeness (QED) is 0.595. The monoisotopic (exact) mass is 325 g/mol. The Morgan fingerprint density at radius 1 is 0.833 bits per heavy atom. The zero-order valence-electron chi connectivity index (χ0n) is 15.9. The van der Waals surface area contributed by atoms with Crippen LogP contribution in [0.15, 0.2) is 54.6 Å². The molecule has 0 spiro atoms. The van der Waals surface area contributed by atoms with Crippen LogP contribution in [0.1, 0.15) is 70.3 Å². The summed E-state index contributed by atoms with van der Waals surface area (Å²) in [6.07, 6.45) is 0.0281. The van der Waals surface area contributed by atoms with Crippen molar-refractivity contribution in [2.75, 3.05) is 0 Å². The molecule has 0 aliphatic carbocycles. The summed E-state index contributed by atoms with van der Waals surface area (Å²) in [5.41, 5.74) is 3.77. The van der Waals surface area contributed by atoms with Gasteiger partial charge in [-0.25, -0.2) is 0 Å². The molecule has 2 rings (SSSR count). The molecule has 2 heteroatoms. The van der Waals surface area contributed by atoms with E-state index in [0.29, 0.717) is 5.92 Å². The lowest BCUT2D eigenvalue weighted by Crippen LogP contribution is -2.41. The average Bonchev–Trinajstić information content (AvgIpc) is 2.54. The molecule has 0 aliphatic rings. The summed E-state index contributed by atoms with van der Waals surface area (Å²) in [6, 6.07) is 19.3. The lowest BCUT2D eigenvalue weighted by Gasteiger charge is -2.36. The fourth-order valence-corrected chi connectivity index (χ4v) is 2.58. The Kier molecular flexibility index (Phi) is 6.20. The fourth-order valence-electron chi connectivity index (χ4n) is 2.58. The maximum absolute atomic E-state index is 6.32. The number of hydrogen-bond acceptors (Lipinski definition) is 2. The van der Waals surface area contributed by atoms with Gasteiger partial charge in [-0.05, 0) is 50.3 Å². The molecule has 0 aliphatic heterocycles. The Morgan fingerprint density at radius 3 is 1.92 bits per heavy atom. The number of rotatable bonds is 6. The van der Waals surface area contributed by atoms with Crippen LogP contribution in [0.3, 0.4) is 0 Å². The highest BCUT2D eigenvalue weighted by molar-refractivity contribution is 5.24. The molecule has 0 N–H and O–H groups in total. The highest BCUT2D eigenvalue weighted by atomic mass is 16.7. The molecule has 130 valence electrons. The second-order valence-corrected chi connectivity index (χ2v) is 7.76. The van der Waals surface area contributed by atoms with Gasteiger partial charge < -0.3 is 0 Å². The number of benzene rings is 2. The molecule has 0 saturated carbocycles. The molecule has 1 atom stereocenters. The van der Waals surface area contributed by atoms with E-state index < -0.39 is 0 Å².